The lowest BCUT2D eigenvalue weighted by Gasteiger charge is -2.09. The van der Waals surface area contributed by atoms with Crippen molar-refractivity contribution in [3.63, 3.8) is 0 Å². The maximum absolute atomic E-state index is 4.88. The van der Waals surface area contributed by atoms with Crippen molar-refractivity contribution in [2.75, 3.05) is 0 Å². The molecule has 0 saturated carbocycles. The average molecular weight is 444 g/mol. The van der Waals surface area contributed by atoms with Crippen molar-refractivity contribution >= 4 is 0 Å². The van der Waals surface area contributed by atoms with E-state index in [1.54, 1.807) is 0 Å². The van der Waals surface area contributed by atoms with Gasteiger partial charge >= 0.3 is 0 Å². The summed E-state index contributed by atoms with van der Waals surface area (Å²) in [6.07, 6.45) is 9.16. The van der Waals surface area contributed by atoms with Gasteiger partial charge < -0.3 is 0 Å². The summed E-state index contributed by atoms with van der Waals surface area (Å²) >= 11 is 0. The minimum atomic E-state index is 0.671. The van der Waals surface area contributed by atoms with Crippen molar-refractivity contribution in [1.29, 1.82) is 0 Å². The van der Waals surface area contributed by atoms with E-state index in [0.717, 1.165) is 60.6 Å². The van der Waals surface area contributed by atoms with E-state index in [-0.39, 0.29) is 0 Å². The molecule has 2 aromatic carbocycles. The van der Waals surface area contributed by atoms with Crippen LogP contribution in [0.2, 0.25) is 0 Å². The van der Waals surface area contributed by atoms with Crippen LogP contribution >= 0.6 is 0 Å². The summed E-state index contributed by atoms with van der Waals surface area (Å²) in [5, 5.41) is 19.2. The third-order valence-corrected chi connectivity index (χ3v) is 5.92. The Labute approximate surface area is 195 Å². The standard InChI is InChI=1S/C26H33N7/c1-3-5-7-13-24-27-25(14-8-6-4-2)33(30-24)19-20-15-17-21(18-16-20)22-11-9-10-12-23(22)26-28-31-32-29-26/h9-12,15-18H,3-8,13-14,19H2,1-2H3,(H,28,29,31,32). The third-order valence-electron chi connectivity index (χ3n) is 5.92. The zero-order chi connectivity index (χ0) is 22.9. The van der Waals surface area contributed by atoms with Crippen LogP contribution in [0, 0.1) is 0 Å². The molecule has 0 aliphatic carbocycles. The first-order valence-electron chi connectivity index (χ1n) is 12.1. The highest BCUT2D eigenvalue weighted by Crippen LogP contribution is 2.29. The van der Waals surface area contributed by atoms with E-state index in [0.29, 0.717) is 5.82 Å². The van der Waals surface area contributed by atoms with Gasteiger partial charge in [-0.25, -0.2) is 14.8 Å². The molecule has 0 spiro atoms. The van der Waals surface area contributed by atoms with Gasteiger partial charge in [0, 0.05) is 18.4 Å². The van der Waals surface area contributed by atoms with E-state index < -0.39 is 0 Å². The van der Waals surface area contributed by atoms with Crippen LogP contribution in [0.15, 0.2) is 48.5 Å². The molecule has 33 heavy (non-hydrogen) atoms. The highest BCUT2D eigenvalue weighted by atomic mass is 15.5. The normalized spacial score (nSPS) is 11.2. The molecule has 4 aromatic rings. The van der Waals surface area contributed by atoms with Crippen LogP contribution in [0.25, 0.3) is 22.5 Å². The maximum Gasteiger partial charge on any atom is 0.180 e. The van der Waals surface area contributed by atoms with Crippen LogP contribution < -0.4 is 0 Å². The van der Waals surface area contributed by atoms with E-state index >= 15 is 0 Å². The van der Waals surface area contributed by atoms with Gasteiger partial charge in [-0.1, -0.05) is 88.1 Å². The molecule has 2 heterocycles. The van der Waals surface area contributed by atoms with E-state index in [4.69, 9.17) is 10.1 Å². The molecule has 0 aliphatic heterocycles. The maximum atomic E-state index is 4.88. The lowest BCUT2D eigenvalue weighted by Crippen LogP contribution is -2.07. The second-order valence-corrected chi connectivity index (χ2v) is 8.51. The number of aromatic nitrogens is 7. The van der Waals surface area contributed by atoms with Crippen LogP contribution in [0.3, 0.4) is 0 Å². The number of hydrogen-bond donors (Lipinski definition) is 1. The molecule has 0 radical (unpaired) electrons. The van der Waals surface area contributed by atoms with Gasteiger partial charge in [-0.3, -0.25) is 0 Å². The molecular formula is C26H33N7. The number of unbranched alkanes of at least 4 members (excludes halogenated alkanes) is 4. The summed E-state index contributed by atoms with van der Waals surface area (Å²) in [5.41, 5.74) is 4.44. The Hall–Kier alpha value is -3.35. The van der Waals surface area contributed by atoms with Crippen LogP contribution in [0.1, 0.15) is 69.6 Å². The first kappa shape index (κ1) is 22.8. The zero-order valence-corrected chi connectivity index (χ0v) is 19.7. The number of aryl methyl sites for hydroxylation is 2. The van der Waals surface area contributed by atoms with Gasteiger partial charge in [-0.05, 0) is 40.0 Å². The summed E-state index contributed by atoms with van der Waals surface area (Å²) in [6, 6.07) is 16.8. The summed E-state index contributed by atoms with van der Waals surface area (Å²) < 4.78 is 2.11. The molecule has 0 aliphatic rings. The molecule has 0 amide bonds. The summed E-state index contributed by atoms with van der Waals surface area (Å²) in [7, 11) is 0. The Kier molecular flexibility index (Phi) is 7.95. The Bertz CT molecular complexity index is 1110. The van der Waals surface area contributed by atoms with Crippen LogP contribution in [-0.4, -0.2) is 35.4 Å². The number of nitrogens with zero attached hydrogens (tertiary/aromatic N) is 6. The van der Waals surface area contributed by atoms with Crippen LogP contribution in [0.4, 0.5) is 0 Å². The molecular weight excluding hydrogens is 410 g/mol. The number of rotatable bonds is 12. The van der Waals surface area contributed by atoms with Crippen LogP contribution in [0.5, 0.6) is 0 Å². The van der Waals surface area contributed by atoms with Gasteiger partial charge in [0.15, 0.2) is 11.6 Å². The van der Waals surface area contributed by atoms with Gasteiger partial charge in [0.2, 0.25) is 0 Å². The van der Waals surface area contributed by atoms with Crippen molar-refractivity contribution < 1.29 is 0 Å². The fourth-order valence-corrected chi connectivity index (χ4v) is 4.09. The number of benzene rings is 2. The van der Waals surface area contributed by atoms with Gasteiger partial charge in [-0.15, -0.1) is 5.10 Å². The topological polar surface area (TPSA) is 85.2 Å². The highest BCUT2D eigenvalue weighted by molar-refractivity contribution is 5.80. The van der Waals surface area contributed by atoms with E-state index in [1.807, 2.05) is 18.2 Å². The molecule has 7 nitrogen and oxygen atoms in total. The summed E-state index contributed by atoms with van der Waals surface area (Å²) in [4.78, 5) is 4.88. The number of H-pyrrole nitrogens is 1. The first-order chi connectivity index (χ1) is 16.3. The van der Waals surface area contributed by atoms with Crippen molar-refractivity contribution in [2.45, 2.75) is 71.8 Å². The molecule has 0 bridgehead atoms. The fourth-order valence-electron chi connectivity index (χ4n) is 4.09. The molecule has 0 unspecified atom stereocenters. The highest BCUT2D eigenvalue weighted by Gasteiger charge is 2.12. The number of hydrogen-bond acceptors (Lipinski definition) is 5. The Morgan fingerprint density at radius 3 is 2.24 bits per heavy atom. The average Bonchev–Trinajstić information content (AvgIpc) is 3.51. The van der Waals surface area contributed by atoms with Crippen LogP contribution in [-0.2, 0) is 19.4 Å². The molecule has 1 N–H and O–H groups in total. The van der Waals surface area contributed by atoms with E-state index in [9.17, 15) is 0 Å². The van der Waals surface area contributed by atoms with Crippen molar-refractivity contribution in [3.05, 3.63) is 65.7 Å². The van der Waals surface area contributed by atoms with E-state index in [2.05, 4.69) is 69.5 Å². The van der Waals surface area contributed by atoms with Gasteiger partial charge in [-0.2, -0.15) is 5.10 Å². The summed E-state index contributed by atoms with van der Waals surface area (Å²) in [5.74, 6) is 2.77. The second kappa shape index (κ2) is 11.5. The fraction of sp³-hybridized carbons (Fsp3) is 0.423. The lowest BCUT2D eigenvalue weighted by molar-refractivity contribution is 0.601. The lowest BCUT2D eigenvalue weighted by atomic mass is 9.98. The van der Waals surface area contributed by atoms with Gasteiger partial charge in [0.1, 0.15) is 5.82 Å². The van der Waals surface area contributed by atoms with Crippen molar-refractivity contribution in [2.24, 2.45) is 0 Å². The minimum absolute atomic E-state index is 0.671. The molecule has 0 saturated heterocycles. The Balaban J connectivity index is 1.52. The van der Waals surface area contributed by atoms with Gasteiger partial charge in [0.05, 0.1) is 6.54 Å². The Morgan fingerprint density at radius 1 is 0.818 bits per heavy atom. The van der Waals surface area contributed by atoms with Gasteiger partial charge in [0.25, 0.3) is 0 Å². The number of aromatic amines is 1. The quantitative estimate of drug-likeness (QED) is 0.286. The molecule has 0 fully saturated rings. The third kappa shape index (κ3) is 5.92. The van der Waals surface area contributed by atoms with E-state index in [1.165, 1.54) is 31.2 Å². The Morgan fingerprint density at radius 2 is 1.55 bits per heavy atom. The largest absolute Gasteiger partial charge is 0.245 e. The summed E-state index contributed by atoms with van der Waals surface area (Å²) in [6.45, 7) is 5.21. The predicted octanol–water partition coefficient (Wildman–Crippen LogP) is 5.64. The molecule has 0 atom stereocenters. The first-order valence-corrected chi connectivity index (χ1v) is 12.1. The molecule has 7 heteroatoms. The molecule has 4 rings (SSSR count). The second-order valence-electron chi connectivity index (χ2n) is 8.51. The number of tetrazole rings is 1. The predicted molar refractivity (Wildman–Crippen MR) is 131 cm³/mol. The monoisotopic (exact) mass is 443 g/mol. The van der Waals surface area contributed by atoms with Crippen molar-refractivity contribution in [1.82, 2.24) is 35.4 Å². The molecule has 2 aromatic heterocycles. The smallest absolute Gasteiger partial charge is 0.180 e. The minimum Gasteiger partial charge on any atom is -0.245 e. The molecule has 172 valence electrons. The van der Waals surface area contributed by atoms with Crippen molar-refractivity contribution in [3.8, 4) is 22.5 Å². The number of nitrogens with one attached hydrogen (secondary N) is 1. The SMILES string of the molecule is CCCCCc1nc(CCCCC)n(Cc2ccc(-c3ccccc3-c3nnn[nH]3)cc2)n1. The zero-order valence-electron chi connectivity index (χ0n) is 19.7.